The predicted octanol–water partition coefficient (Wildman–Crippen LogP) is 3.36. The van der Waals surface area contributed by atoms with E-state index in [0.717, 1.165) is 11.3 Å². The molecule has 0 spiro atoms. The monoisotopic (exact) mass is 485 g/mol. The standard InChI is InChI=1S/C26H32FN3O5/c1-3-19(2)24(28-26(33)35-17-20-7-5-4-6-8-20)25(32)34-18-23(31)30-15-13-29(14-16-30)22-11-9-21(27)10-12-22/h4-12,19,24H,3,13-18H2,1-2H3,(H,28,33)/t19-,24+/m1/s1. The molecule has 2 aromatic carbocycles. The molecular weight excluding hydrogens is 453 g/mol. The number of piperazine rings is 1. The van der Waals surface area contributed by atoms with E-state index in [0.29, 0.717) is 32.6 Å². The number of benzene rings is 2. The minimum absolute atomic E-state index is 0.0807. The van der Waals surface area contributed by atoms with Crippen molar-refractivity contribution in [2.24, 2.45) is 5.92 Å². The molecule has 0 aliphatic carbocycles. The molecule has 0 saturated carbocycles. The van der Waals surface area contributed by atoms with Gasteiger partial charge in [-0.25, -0.2) is 14.0 Å². The van der Waals surface area contributed by atoms with Gasteiger partial charge in [0, 0.05) is 31.9 Å². The highest BCUT2D eigenvalue weighted by Crippen LogP contribution is 2.17. The molecule has 0 bridgehead atoms. The van der Waals surface area contributed by atoms with Gasteiger partial charge >= 0.3 is 12.1 Å². The maximum atomic E-state index is 13.1. The third-order valence-electron chi connectivity index (χ3n) is 6.12. The first-order valence-electron chi connectivity index (χ1n) is 11.8. The summed E-state index contributed by atoms with van der Waals surface area (Å²) in [6.07, 6.45) is -0.0998. The average Bonchev–Trinajstić information content (AvgIpc) is 2.89. The molecule has 3 rings (SSSR count). The van der Waals surface area contributed by atoms with E-state index < -0.39 is 24.7 Å². The predicted molar refractivity (Wildman–Crippen MR) is 129 cm³/mol. The molecule has 35 heavy (non-hydrogen) atoms. The molecule has 1 N–H and O–H groups in total. The molecule has 0 radical (unpaired) electrons. The van der Waals surface area contributed by atoms with E-state index in [9.17, 15) is 18.8 Å². The fraction of sp³-hybridized carbons (Fsp3) is 0.423. The zero-order valence-electron chi connectivity index (χ0n) is 20.1. The smallest absolute Gasteiger partial charge is 0.408 e. The molecule has 1 fully saturated rings. The van der Waals surface area contributed by atoms with Crippen LogP contribution in [-0.4, -0.2) is 61.7 Å². The van der Waals surface area contributed by atoms with E-state index in [2.05, 4.69) is 10.2 Å². The van der Waals surface area contributed by atoms with Crippen LogP contribution in [0.2, 0.25) is 0 Å². The lowest BCUT2D eigenvalue weighted by atomic mass is 9.99. The van der Waals surface area contributed by atoms with E-state index >= 15 is 0 Å². The Morgan fingerprint density at radius 1 is 0.971 bits per heavy atom. The van der Waals surface area contributed by atoms with Crippen molar-refractivity contribution in [3.63, 3.8) is 0 Å². The molecule has 2 atom stereocenters. The zero-order valence-corrected chi connectivity index (χ0v) is 20.1. The van der Waals surface area contributed by atoms with Crippen LogP contribution in [0.25, 0.3) is 0 Å². The number of amides is 2. The second-order valence-electron chi connectivity index (χ2n) is 8.52. The highest BCUT2D eigenvalue weighted by Gasteiger charge is 2.29. The van der Waals surface area contributed by atoms with Crippen LogP contribution >= 0.6 is 0 Å². The number of alkyl carbamates (subject to hydrolysis) is 1. The normalized spacial score (nSPS) is 15.2. The molecule has 0 unspecified atom stereocenters. The molecular formula is C26H32FN3O5. The summed E-state index contributed by atoms with van der Waals surface area (Å²) in [5.74, 6) is -1.47. The number of esters is 1. The maximum Gasteiger partial charge on any atom is 0.408 e. The van der Waals surface area contributed by atoms with E-state index in [1.54, 1.807) is 17.0 Å². The molecule has 188 valence electrons. The van der Waals surface area contributed by atoms with Crippen molar-refractivity contribution >= 4 is 23.7 Å². The third-order valence-corrected chi connectivity index (χ3v) is 6.12. The Morgan fingerprint density at radius 2 is 1.63 bits per heavy atom. The van der Waals surface area contributed by atoms with Crippen molar-refractivity contribution in [1.29, 1.82) is 0 Å². The van der Waals surface area contributed by atoms with Crippen LogP contribution in [0.5, 0.6) is 0 Å². The number of carbonyl (C=O) groups excluding carboxylic acids is 3. The van der Waals surface area contributed by atoms with Crippen LogP contribution in [0.4, 0.5) is 14.9 Å². The Hall–Kier alpha value is -3.62. The Balaban J connectivity index is 1.45. The van der Waals surface area contributed by atoms with E-state index in [4.69, 9.17) is 9.47 Å². The fourth-order valence-electron chi connectivity index (χ4n) is 3.74. The second-order valence-corrected chi connectivity index (χ2v) is 8.52. The summed E-state index contributed by atoms with van der Waals surface area (Å²) in [6.45, 7) is 5.51. The average molecular weight is 486 g/mol. The highest BCUT2D eigenvalue weighted by molar-refractivity contribution is 5.85. The fourth-order valence-corrected chi connectivity index (χ4v) is 3.74. The van der Waals surface area contributed by atoms with Crippen molar-refractivity contribution in [1.82, 2.24) is 10.2 Å². The van der Waals surface area contributed by atoms with Gasteiger partial charge in [-0.05, 0) is 35.7 Å². The van der Waals surface area contributed by atoms with Gasteiger partial charge in [-0.3, -0.25) is 4.79 Å². The van der Waals surface area contributed by atoms with Gasteiger partial charge in [0.2, 0.25) is 0 Å². The molecule has 2 aromatic rings. The van der Waals surface area contributed by atoms with Crippen LogP contribution in [0.1, 0.15) is 25.8 Å². The number of ether oxygens (including phenoxy) is 2. The first kappa shape index (κ1) is 26.0. The largest absolute Gasteiger partial charge is 0.454 e. The van der Waals surface area contributed by atoms with Gasteiger partial charge in [-0.2, -0.15) is 0 Å². The van der Waals surface area contributed by atoms with Gasteiger partial charge in [-0.1, -0.05) is 50.6 Å². The number of anilines is 1. The topological polar surface area (TPSA) is 88.2 Å². The zero-order chi connectivity index (χ0) is 25.2. The number of hydrogen-bond acceptors (Lipinski definition) is 6. The summed E-state index contributed by atoms with van der Waals surface area (Å²) >= 11 is 0. The Bertz CT molecular complexity index is 978. The van der Waals surface area contributed by atoms with E-state index in [-0.39, 0.29) is 24.2 Å². The number of carbonyl (C=O) groups is 3. The first-order valence-corrected chi connectivity index (χ1v) is 11.8. The number of rotatable bonds is 9. The molecule has 0 aromatic heterocycles. The molecule has 8 nitrogen and oxygen atoms in total. The van der Waals surface area contributed by atoms with Gasteiger partial charge in [-0.15, -0.1) is 0 Å². The van der Waals surface area contributed by atoms with Gasteiger partial charge < -0.3 is 24.6 Å². The molecule has 1 saturated heterocycles. The minimum Gasteiger partial charge on any atom is -0.454 e. The van der Waals surface area contributed by atoms with Gasteiger partial charge in [0.15, 0.2) is 6.61 Å². The highest BCUT2D eigenvalue weighted by atomic mass is 19.1. The minimum atomic E-state index is -0.925. The summed E-state index contributed by atoms with van der Waals surface area (Å²) in [7, 11) is 0. The maximum absolute atomic E-state index is 13.1. The summed E-state index contributed by atoms with van der Waals surface area (Å²) < 4.78 is 23.6. The quantitative estimate of drug-likeness (QED) is 0.548. The van der Waals surface area contributed by atoms with Crippen molar-refractivity contribution < 1.29 is 28.2 Å². The van der Waals surface area contributed by atoms with Crippen molar-refractivity contribution in [2.75, 3.05) is 37.7 Å². The number of nitrogens with one attached hydrogen (secondary N) is 1. The molecule has 1 aliphatic heterocycles. The number of nitrogens with zero attached hydrogens (tertiary/aromatic N) is 2. The lowest BCUT2D eigenvalue weighted by Crippen LogP contribution is -2.51. The van der Waals surface area contributed by atoms with Crippen LogP contribution in [0.15, 0.2) is 54.6 Å². The van der Waals surface area contributed by atoms with Crippen LogP contribution in [0, 0.1) is 11.7 Å². The lowest BCUT2D eigenvalue weighted by molar-refractivity contribution is -0.154. The van der Waals surface area contributed by atoms with Gasteiger partial charge in [0.25, 0.3) is 5.91 Å². The molecule has 9 heteroatoms. The van der Waals surface area contributed by atoms with Crippen molar-refractivity contribution in [2.45, 2.75) is 32.9 Å². The van der Waals surface area contributed by atoms with E-state index in [1.165, 1.54) is 12.1 Å². The van der Waals surface area contributed by atoms with Gasteiger partial charge in [0.05, 0.1) is 0 Å². The van der Waals surface area contributed by atoms with Gasteiger partial charge in [0.1, 0.15) is 18.5 Å². The van der Waals surface area contributed by atoms with Crippen LogP contribution in [0.3, 0.4) is 0 Å². The second kappa shape index (κ2) is 12.7. The SMILES string of the molecule is CC[C@@H](C)[C@H](NC(=O)OCc1ccccc1)C(=O)OCC(=O)N1CCN(c2ccc(F)cc2)CC1. The van der Waals surface area contributed by atoms with E-state index in [1.807, 2.05) is 44.2 Å². The van der Waals surface area contributed by atoms with Crippen molar-refractivity contribution in [3.8, 4) is 0 Å². The third kappa shape index (κ3) is 7.70. The molecule has 1 heterocycles. The lowest BCUT2D eigenvalue weighted by Gasteiger charge is -2.36. The summed E-state index contributed by atoms with van der Waals surface area (Å²) in [5, 5.41) is 2.57. The van der Waals surface area contributed by atoms with Crippen LogP contribution in [-0.2, 0) is 25.7 Å². The molecule has 2 amide bonds. The van der Waals surface area contributed by atoms with Crippen molar-refractivity contribution in [3.05, 3.63) is 66.0 Å². The summed E-state index contributed by atoms with van der Waals surface area (Å²) in [4.78, 5) is 41.3. The summed E-state index contributed by atoms with van der Waals surface area (Å²) in [5.41, 5.74) is 1.72. The summed E-state index contributed by atoms with van der Waals surface area (Å²) in [6, 6.07) is 14.5. The van der Waals surface area contributed by atoms with Crippen LogP contribution < -0.4 is 10.2 Å². The Morgan fingerprint density at radius 3 is 2.26 bits per heavy atom. The Labute approximate surface area is 205 Å². The Kier molecular flexibility index (Phi) is 9.46. The number of halogens is 1. The molecule has 1 aliphatic rings. The number of hydrogen-bond donors (Lipinski definition) is 1. The first-order chi connectivity index (χ1) is 16.9.